The SMILES string of the molecule is Cl.Cl.Nc1ccc(CCCCN2CCCCC2)cc1. The minimum atomic E-state index is 0. The summed E-state index contributed by atoms with van der Waals surface area (Å²) in [5.41, 5.74) is 7.95. The van der Waals surface area contributed by atoms with Crippen LogP contribution in [0.4, 0.5) is 5.69 Å². The zero-order valence-electron chi connectivity index (χ0n) is 11.5. The maximum atomic E-state index is 5.67. The van der Waals surface area contributed by atoms with Gasteiger partial charge in [0.1, 0.15) is 0 Å². The maximum Gasteiger partial charge on any atom is 0.0314 e. The molecule has 0 aromatic heterocycles. The quantitative estimate of drug-likeness (QED) is 0.660. The second-order valence-electron chi connectivity index (χ2n) is 5.10. The van der Waals surface area contributed by atoms with E-state index in [1.807, 2.05) is 12.1 Å². The van der Waals surface area contributed by atoms with Crippen LogP contribution >= 0.6 is 24.8 Å². The number of aryl methyl sites for hydroxylation is 1. The molecule has 2 rings (SSSR count). The van der Waals surface area contributed by atoms with Crippen molar-refractivity contribution in [3.05, 3.63) is 29.8 Å². The van der Waals surface area contributed by atoms with Crippen LogP contribution in [0.15, 0.2) is 24.3 Å². The number of anilines is 1. The van der Waals surface area contributed by atoms with Crippen molar-refractivity contribution in [2.24, 2.45) is 0 Å². The first-order valence-corrected chi connectivity index (χ1v) is 6.91. The molecule has 0 bridgehead atoms. The van der Waals surface area contributed by atoms with Crippen LogP contribution in [0.1, 0.15) is 37.7 Å². The number of hydrogen-bond donors (Lipinski definition) is 1. The molecule has 0 atom stereocenters. The van der Waals surface area contributed by atoms with Gasteiger partial charge < -0.3 is 10.6 Å². The van der Waals surface area contributed by atoms with E-state index in [1.54, 1.807) is 0 Å². The molecule has 1 aromatic carbocycles. The van der Waals surface area contributed by atoms with Gasteiger partial charge in [0, 0.05) is 5.69 Å². The Labute approximate surface area is 129 Å². The van der Waals surface area contributed by atoms with Crippen LogP contribution in [0, 0.1) is 0 Å². The van der Waals surface area contributed by atoms with E-state index in [4.69, 9.17) is 5.73 Å². The predicted molar refractivity (Wildman–Crippen MR) is 88.6 cm³/mol. The van der Waals surface area contributed by atoms with Gasteiger partial charge >= 0.3 is 0 Å². The summed E-state index contributed by atoms with van der Waals surface area (Å²) in [5.74, 6) is 0. The minimum Gasteiger partial charge on any atom is -0.399 e. The van der Waals surface area contributed by atoms with Gasteiger partial charge in [-0.3, -0.25) is 0 Å². The molecule has 0 unspecified atom stereocenters. The summed E-state index contributed by atoms with van der Waals surface area (Å²) in [7, 11) is 0. The summed E-state index contributed by atoms with van der Waals surface area (Å²) in [5, 5.41) is 0. The van der Waals surface area contributed by atoms with Crippen molar-refractivity contribution in [3.8, 4) is 0 Å². The van der Waals surface area contributed by atoms with E-state index in [0.29, 0.717) is 0 Å². The first kappa shape index (κ1) is 18.6. The van der Waals surface area contributed by atoms with Crippen molar-refractivity contribution < 1.29 is 0 Å². The van der Waals surface area contributed by atoms with E-state index in [-0.39, 0.29) is 24.8 Å². The molecule has 0 aliphatic carbocycles. The Kier molecular flexibility index (Phi) is 10.1. The monoisotopic (exact) mass is 304 g/mol. The largest absolute Gasteiger partial charge is 0.399 e. The van der Waals surface area contributed by atoms with Crippen LogP contribution in [0.3, 0.4) is 0 Å². The molecular formula is C15H26Cl2N2. The zero-order chi connectivity index (χ0) is 11.9. The molecule has 1 heterocycles. The number of likely N-dealkylation sites (tertiary alicyclic amines) is 1. The van der Waals surface area contributed by atoms with Crippen LogP contribution in [-0.2, 0) is 6.42 Å². The second-order valence-corrected chi connectivity index (χ2v) is 5.10. The number of nitrogen functional groups attached to an aromatic ring is 1. The highest BCUT2D eigenvalue weighted by molar-refractivity contribution is 5.85. The van der Waals surface area contributed by atoms with Crippen LogP contribution in [0.2, 0.25) is 0 Å². The van der Waals surface area contributed by atoms with Crippen molar-refractivity contribution in [3.63, 3.8) is 0 Å². The number of nitrogens with two attached hydrogens (primary N) is 1. The molecule has 4 heteroatoms. The van der Waals surface area contributed by atoms with Crippen molar-refractivity contribution >= 4 is 30.5 Å². The van der Waals surface area contributed by atoms with Gasteiger partial charge in [-0.25, -0.2) is 0 Å². The summed E-state index contributed by atoms with van der Waals surface area (Å²) in [4.78, 5) is 2.62. The van der Waals surface area contributed by atoms with Crippen LogP contribution in [0.25, 0.3) is 0 Å². The Morgan fingerprint density at radius 2 is 1.53 bits per heavy atom. The van der Waals surface area contributed by atoms with E-state index < -0.39 is 0 Å². The van der Waals surface area contributed by atoms with E-state index in [1.165, 1.54) is 63.7 Å². The van der Waals surface area contributed by atoms with E-state index >= 15 is 0 Å². The third-order valence-corrected chi connectivity index (χ3v) is 3.62. The lowest BCUT2D eigenvalue weighted by atomic mass is 10.1. The molecule has 2 nitrogen and oxygen atoms in total. The number of rotatable bonds is 5. The topological polar surface area (TPSA) is 29.3 Å². The highest BCUT2D eigenvalue weighted by atomic mass is 35.5. The lowest BCUT2D eigenvalue weighted by Gasteiger charge is -2.26. The molecule has 1 aliphatic rings. The average molecular weight is 305 g/mol. The molecule has 0 radical (unpaired) electrons. The molecule has 0 spiro atoms. The van der Waals surface area contributed by atoms with Gasteiger partial charge in [0.2, 0.25) is 0 Å². The first-order valence-electron chi connectivity index (χ1n) is 6.91. The maximum absolute atomic E-state index is 5.67. The minimum absolute atomic E-state index is 0. The Bertz CT molecular complexity index is 321. The third-order valence-electron chi connectivity index (χ3n) is 3.62. The highest BCUT2D eigenvalue weighted by Crippen LogP contribution is 2.12. The molecule has 1 aliphatic heterocycles. The smallest absolute Gasteiger partial charge is 0.0314 e. The van der Waals surface area contributed by atoms with Gasteiger partial charge in [0.05, 0.1) is 0 Å². The summed E-state index contributed by atoms with van der Waals surface area (Å²) >= 11 is 0. The van der Waals surface area contributed by atoms with Gasteiger partial charge in [-0.05, 0) is 69.4 Å². The van der Waals surface area contributed by atoms with Gasteiger partial charge in [0.15, 0.2) is 0 Å². The molecular weight excluding hydrogens is 279 g/mol. The fraction of sp³-hybridized carbons (Fsp3) is 0.600. The number of benzene rings is 1. The summed E-state index contributed by atoms with van der Waals surface area (Å²) < 4.78 is 0. The van der Waals surface area contributed by atoms with Crippen LogP contribution in [-0.4, -0.2) is 24.5 Å². The predicted octanol–water partition coefficient (Wildman–Crippen LogP) is 3.92. The zero-order valence-corrected chi connectivity index (χ0v) is 13.1. The fourth-order valence-corrected chi connectivity index (χ4v) is 2.53. The normalized spacial score (nSPS) is 15.4. The summed E-state index contributed by atoms with van der Waals surface area (Å²) in [6.45, 7) is 3.93. The van der Waals surface area contributed by atoms with Gasteiger partial charge in [0.25, 0.3) is 0 Å². The lowest BCUT2D eigenvalue weighted by molar-refractivity contribution is 0.225. The molecule has 19 heavy (non-hydrogen) atoms. The Morgan fingerprint density at radius 1 is 0.895 bits per heavy atom. The molecule has 0 saturated carbocycles. The number of hydrogen-bond acceptors (Lipinski definition) is 2. The average Bonchev–Trinajstić information content (AvgIpc) is 2.38. The first-order chi connectivity index (χ1) is 8.34. The van der Waals surface area contributed by atoms with Gasteiger partial charge in [-0.15, -0.1) is 24.8 Å². The van der Waals surface area contributed by atoms with E-state index in [2.05, 4.69) is 17.0 Å². The molecule has 2 N–H and O–H groups in total. The number of halogens is 2. The van der Waals surface area contributed by atoms with Crippen molar-refractivity contribution in [1.82, 2.24) is 4.90 Å². The van der Waals surface area contributed by atoms with Crippen LogP contribution < -0.4 is 5.73 Å². The Morgan fingerprint density at radius 3 is 2.16 bits per heavy atom. The van der Waals surface area contributed by atoms with Gasteiger partial charge in [-0.1, -0.05) is 18.6 Å². The molecule has 0 amide bonds. The lowest BCUT2D eigenvalue weighted by Crippen LogP contribution is -2.30. The second kappa shape index (κ2) is 10.4. The van der Waals surface area contributed by atoms with Gasteiger partial charge in [-0.2, -0.15) is 0 Å². The fourth-order valence-electron chi connectivity index (χ4n) is 2.53. The number of nitrogens with zero attached hydrogens (tertiary/aromatic N) is 1. The van der Waals surface area contributed by atoms with Crippen molar-refractivity contribution in [2.75, 3.05) is 25.4 Å². The van der Waals surface area contributed by atoms with E-state index in [0.717, 1.165) is 5.69 Å². The Hall–Kier alpha value is -0.440. The standard InChI is InChI=1S/C15H24N2.2ClH/c16-15-9-7-14(8-10-15)6-2-5-13-17-11-3-1-4-12-17;;/h7-10H,1-6,11-13,16H2;2*1H. The van der Waals surface area contributed by atoms with E-state index in [9.17, 15) is 0 Å². The highest BCUT2D eigenvalue weighted by Gasteiger charge is 2.08. The Balaban J connectivity index is 0.00000162. The van der Waals surface area contributed by atoms with Crippen molar-refractivity contribution in [1.29, 1.82) is 0 Å². The molecule has 1 fully saturated rings. The number of piperidine rings is 1. The summed E-state index contributed by atoms with van der Waals surface area (Å²) in [6, 6.07) is 8.30. The third kappa shape index (κ3) is 7.05. The van der Waals surface area contributed by atoms with Crippen LogP contribution in [0.5, 0.6) is 0 Å². The van der Waals surface area contributed by atoms with Crippen molar-refractivity contribution in [2.45, 2.75) is 38.5 Å². The number of unbranched alkanes of at least 4 members (excludes halogenated alkanes) is 1. The molecule has 1 saturated heterocycles. The molecule has 110 valence electrons. The molecule has 1 aromatic rings. The summed E-state index contributed by atoms with van der Waals surface area (Å²) in [6.07, 6.45) is 8.04.